The molecule has 0 aliphatic carbocycles. The fourth-order valence-corrected chi connectivity index (χ4v) is 1.06. The summed E-state index contributed by atoms with van der Waals surface area (Å²) >= 11 is 0. The topological polar surface area (TPSA) is 54.4 Å². The van der Waals surface area contributed by atoms with Gasteiger partial charge in [-0.2, -0.15) is 0 Å². The Hall–Kier alpha value is -0.380. The first-order valence-corrected chi connectivity index (χ1v) is 7.44. The van der Waals surface area contributed by atoms with E-state index in [4.69, 9.17) is 5.11 Å². The molecule has 3 nitrogen and oxygen atoms in total. The van der Waals surface area contributed by atoms with Crippen LogP contribution >= 0.6 is 0 Å². The van der Waals surface area contributed by atoms with Crippen LogP contribution in [0.5, 0.6) is 0 Å². The Bertz CT molecular complexity index is 165. The summed E-state index contributed by atoms with van der Waals surface area (Å²) in [6, 6.07) is 0. The Morgan fingerprint density at radius 2 is 1.47 bits per heavy atom. The molecule has 4 heteroatoms. The van der Waals surface area contributed by atoms with Crippen LogP contribution in [0, 0.1) is 0 Å². The molecule has 0 aromatic rings. The van der Waals surface area contributed by atoms with Crippen LogP contribution in [-0.4, -0.2) is 27.8 Å². The number of aliphatic carboxylic acids is 1. The van der Waals surface area contributed by atoms with E-state index in [-0.39, 0.29) is 0 Å². The van der Waals surface area contributed by atoms with Gasteiger partial charge in [-0.15, -0.1) is 0 Å². The number of hydrogen-bond donors (Lipinski definition) is 1. The van der Waals surface area contributed by atoms with Gasteiger partial charge in [-0.1, -0.05) is 39.0 Å². The SMILES string of the molecule is CCCCCCCCC(=O)O.CS(C)=O. The van der Waals surface area contributed by atoms with Gasteiger partial charge < -0.3 is 5.11 Å². The molecule has 0 aliphatic heterocycles. The molecule has 15 heavy (non-hydrogen) atoms. The maximum absolute atomic E-state index is 10.1. The van der Waals surface area contributed by atoms with Gasteiger partial charge in [0.05, 0.1) is 0 Å². The van der Waals surface area contributed by atoms with E-state index in [1.807, 2.05) is 0 Å². The lowest BCUT2D eigenvalue weighted by atomic mass is 10.1. The van der Waals surface area contributed by atoms with Crippen molar-refractivity contribution in [1.29, 1.82) is 0 Å². The van der Waals surface area contributed by atoms with Crippen LogP contribution in [0.3, 0.4) is 0 Å². The monoisotopic (exact) mass is 236 g/mol. The average molecular weight is 236 g/mol. The summed E-state index contributed by atoms with van der Waals surface area (Å²) in [4.78, 5) is 10.1. The minimum absolute atomic E-state index is 0.339. The van der Waals surface area contributed by atoms with Crippen LogP contribution in [0.4, 0.5) is 0 Å². The molecule has 0 unspecified atom stereocenters. The highest BCUT2D eigenvalue weighted by Crippen LogP contribution is 2.06. The van der Waals surface area contributed by atoms with E-state index in [1.54, 1.807) is 12.5 Å². The minimum atomic E-state index is -0.666. The first-order chi connectivity index (χ1) is 7.00. The molecule has 0 atom stereocenters. The van der Waals surface area contributed by atoms with Crippen LogP contribution < -0.4 is 0 Å². The zero-order valence-corrected chi connectivity index (χ0v) is 10.9. The van der Waals surface area contributed by atoms with Gasteiger partial charge in [0.15, 0.2) is 0 Å². The molecular weight excluding hydrogens is 212 g/mol. The first-order valence-electron chi connectivity index (χ1n) is 5.47. The molecule has 0 aliphatic rings. The highest BCUT2D eigenvalue weighted by Gasteiger charge is 1.95. The Morgan fingerprint density at radius 1 is 1.07 bits per heavy atom. The third-order valence-electron chi connectivity index (χ3n) is 1.74. The molecule has 0 spiro atoms. The van der Waals surface area contributed by atoms with E-state index in [1.165, 1.54) is 25.7 Å². The normalized spacial score (nSPS) is 9.60. The summed E-state index contributed by atoms with van der Waals surface area (Å²) in [7, 11) is -0.611. The van der Waals surface area contributed by atoms with Gasteiger partial charge in [0.25, 0.3) is 0 Å². The lowest BCUT2D eigenvalue weighted by Crippen LogP contribution is -1.93. The molecule has 0 saturated heterocycles. The van der Waals surface area contributed by atoms with Crippen molar-refractivity contribution in [2.45, 2.75) is 51.9 Å². The van der Waals surface area contributed by atoms with Crippen molar-refractivity contribution in [2.24, 2.45) is 0 Å². The van der Waals surface area contributed by atoms with Crippen molar-refractivity contribution in [1.82, 2.24) is 0 Å². The standard InChI is InChI=1S/C9H18O2.C2H6OS/c1-2-3-4-5-6-7-8-9(10)11;1-4(2)3/h2-8H2,1H3,(H,10,11);1-2H3. The van der Waals surface area contributed by atoms with E-state index in [0.717, 1.165) is 12.8 Å². The van der Waals surface area contributed by atoms with Crippen LogP contribution in [-0.2, 0) is 15.6 Å². The smallest absolute Gasteiger partial charge is 0.303 e. The van der Waals surface area contributed by atoms with Gasteiger partial charge in [-0.3, -0.25) is 9.00 Å². The number of unbranched alkanes of at least 4 members (excludes halogenated alkanes) is 5. The van der Waals surface area contributed by atoms with E-state index in [2.05, 4.69) is 6.92 Å². The second-order valence-electron chi connectivity index (χ2n) is 3.65. The van der Waals surface area contributed by atoms with Crippen LogP contribution in [0.15, 0.2) is 0 Å². The van der Waals surface area contributed by atoms with Gasteiger partial charge in [0.2, 0.25) is 0 Å². The molecule has 0 bridgehead atoms. The maximum atomic E-state index is 10.1. The highest BCUT2D eigenvalue weighted by atomic mass is 32.2. The Kier molecular flexibility index (Phi) is 15.5. The molecule has 1 N–H and O–H groups in total. The number of carbonyl (C=O) groups is 1. The van der Waals surface area contributed by atoms with Crippen molar-refractivity contribution in [3.8, 4) is 0 Å². The van der Waals surface area contributed by atoms with Gasteiger partial charge in [0.1, 0.15) is 0 Å². The molecule has 0 rings (SSSR count). The van der Waals surface area contributed by atoms with E-state index in [0.29, 0.717) is 6.42 Å². The predicted molar refractivity (Wildman–Crippen MR) is 65.6 cm³/mol. The lowest BCUT2D eigenvalue weighted by Gasteiger charge is -1.97. The summed E-state index contributed by atoms with van der Waals surface area (Å²) in [6.45, 7) is 2.18. The molecule has 0 aromatic carbocycles. The van der Waals surface area contributed by atoms with Crippen molar-refractivity contribution in [2.75, 3.05) is 12.5 Å². The largest absolute Gasteiger partial charge is 0.481 e. The summed E-state index contributed by atoms with van der Waals surface area (Å²) in [5.74, 6) is -0.666. The Balaban J connectivity index is 0. The first kappa shape index (κ1) is 17.0. The fraction of sp³-hybridized carbons (Fsp3) is 0.909. The van der Waals surface area contributed by atoms with Crippen molar-refractivity contribution in [3.63, 3.8) is 0 Å². The van der Waals surface area contributed by atoms with E-state index < -0.39 is 16.8 Å². The zero-order chi connectivity index (χ0) is 12.1. The number of carboxylic acids is 1. The predicted octanol–water partition coefficient (Wildman–Crippen LogP) is 2.82. The van der Waals surface area contributed by atoms with Gasteiger partial charge in [-0.25, -0.2) is 0 Å². The second-order valence-corrected chi connectivity index (χ2v) is 5.14. The molecular formula is C11H24O3S. The third-order valence-corrected chi connectivity index (χ3v) is 1.74. The molecule has 0 fully saturated rings. The van der Waals surface area contributed by atoms with Crippen molar-refractivity contribution < 1.29 is 14.1 Å². The summed E-state index contributed by atoms with van der Waals surface area (Å²) in [5.41, 5.74) is 0. The molecule has 0 heterocycles. The zero-order valence-electron chi connectivity index (χ0n) is 10.1. The Labute approximate surface area is 95.7 Å². The summed E-state index contributed by atoms with van der Waals surface area (Å²) < 4.78 is 9.56. The quantitative estimate of drug-likeness (QED) is 0.691. The molecule has 0 radical (unpaired) electrons. The molecule has 0 amide bonds. The van der Waals surface area contributed by atoms with Crippen LogP contribution in [0.2, 0.25) is 0 Å². The second kappa shape index (κ2) is 13.6. The molecule has 92 valence electrons. The number of rotatable bonds is 7. The summed E-state index contributed by atoms with van der Waals surface area (Å²) in [6.07, 6.45) is 10.5. The highest BCUT2D eigenvalue weighted by molar-refractivity contribution is 7.83. The minimum Gasteiger partial charge on any atom is -0.481 e. The number of hydrogen-bond acceptors (Lipinski definition) is 2. The van der Waals surface area contributed by atoms with E-state index >= 15 is 0 Å². The lowest BCUT2D eigenvalue weighted by molar-refractivity contribution is -0.137. The summed E-state index contributed by atoms with van der Waals surface area (Å²) in [5, 5.41) is 8.32. The van der Waals surface area contributed by atoms with Crippen LogP contribution in [0.25, 0.3) is 0 Å². The van der Waals surface area contributed by atoms with Crippen molar-refractivity contribution >= 4 is 16.8 Å². The van der Waals surface area contributed by atoms with Gasteiger partial charge in [-0.05, 0) is 6.42 Å². The van der Waals surface area contributed by atoms with E-state index in [9.17, 15) is 9.00 Å². The average Bonchev–Trinajstić information content (AvgIpc) is 2.09. The van der Waals surface area contributed by atoms with Crippen molar-refractivity contribution in [3.05, 3.63) is 0 Å². The fourth-order valence-electron chi connectivity index (χ4n) is 1.06. The molecule has 0 saturated carbocycles. The van der Waals surface area contributed by atoms with Crippen LogP contribution in [0.1, 0.15) is 51.9 Å². The Morgan fingerprint density at radius 3 is 1.87 bits per heavy atom. The number of carboxylic acid groups (broad SMARTS) is 1. The van der Waals surface area contributed by atoms with Gasteiger partial charge >= 0.3 is 5.97 Å². The molecule has 0 aromatic heterocycles. The maximum Gasteiger partial charge on any atom is 0.303 e. The third kappa shape index (κ3) is 31.7. The van der Waals surface area contributed by atoms with Gasteiger partial charge in [0, 0.05) is 29.7 Å².